The third-order valence-electron chi connectivity index (χ3n) is 4.59. The summed E-state index contributed by atoms with van der Waals surface area (Å²) in [4.78, 5) is 2.55. The minimum atomic E-state index is -0.0870. The highest BCUT2D eigenvalue weighted by atomic mass is 16.5. The number of aliphatic hydroxyl groups excluding tert-OH is 1. The van der Waals surface area contributed by atoms with E-state index in [0.717, 1.165) is 44.5 Å². The van der Waals surface area contributed by atoms with Crippen LogP contribution in [0.1, 0.15) is 36.8 Å². The van der Waals surface area contributed by atoms with Crippen molar-refractivity contribution in [2.75, 3.05) is 13.7 Å². The zero-order chi connectivity index (χ0) is 13.2. The molecule has 104 valence electrons. The van der Waals surface area contributed by atoms with E-state index in [2.05, 4.69) is 23.1 Å². The third-order valence-corrected chi connectivity index (χ3v) is 4.59. The molecule has 0 spiro atoms. The predicted molar refractivity (Wildman–Crippen MR) is 75.4 cm³/mol. The van der Waals surface area contributed by atoms with Crippen LogP contribution >= 0.6 is 0 Å². The Morgan fingerprint density at radius 2 is 2.16 bits per heavy atom. The predicted octanol–water partition coefficient (Wildman–Crippen LogP) is 2.36. The maximum absolute atomic E-state index is 9.83. The fourth-order valence-electron chi connectivity index (χ4n) is 3.46. The fraction of sp³-hybridized carbons (Fsp3) is 0.625. The quantitative estimate of drug-likeness (QED) is 0.887. The Morgan fingerprint density at radius 3 is 2.95 bits per heavy atom. The summed E-state index contributed by atoms with van der Waals surface area (Å²) < 4.78 is 5.29. The number of hydrogen-bond donors (Lipinski definition) is 1. The first-order chi connectivity index (χ1) is 9.26. The van der Waals surface area contributed by atoms with E-state index in [4.69, 9.17) is 4.74 Å². The standard InChI is InChI=1S/C16H23NO2/c1-19-16-6-5-13-11-17(8-7-12(13)9-16)14-3-2-4-15(18)10-14/h5-6,9,14-15,18H,2-4,7-8,10-11H2,1H3/t14-,15+/m1/s1. The van der Waals surface area contributed by atoms with Crippen molar-refractivity contribution in [2.24, 2.45) is 0 Å². The van der Waals surface area contributed by atoms with E-state index in [9.17, 15) is 5.11 Å². The lowest BCUT2D eigenvalue weighted by molar-refractivity contribution is 0.0556. The third kappa shape index (κ3) is 2.77. The largest absolute Gasteiger partial charge is 0.497 e. The van der Waals surface area contributed by atoms with Gasteiger partial charge in [0.25, 0.3) is 0 Å². The zero-order valence-corrected chi connectivity index (χ0v) is 11.6. The Bertz CT molecular complexity index is 446. The van der Waals surface area contributed by atoms with Crippen molar-refractivity contribution in [3.05, 3.63) is 29.3 Å². The lowest BCUT2D eigenvalue weighted by atomic mass is 9.89. The molecule has 1 aromatic rings. The number of nitrogens with zero attached hydrogens (tertiary/aromatic N) is 1. The van der Waals surface area contributed by atoms with E-state index >= 15 is 0 Å². The van der Waals surface area contributed by atoms with E-state index in [1.165, 1.54) is 17.5 Å². The number of benzene rings is 1. The van der Waals surface area contributed by atoms with Gasteiger partial charge in [0, 0.05) is 19.1 Å². The van der Waals surface area contributed by atoms with Crippen molar-refractivity contribution in [2.45, 2.75) is 50.8 Å². The summed E-state index contributed by atoms with van der Waals surface area (Å²) in [6.07, 6.45) is 5.35. The van der Waals surface area contributed by atoms with Crippen LogP contribution in [-0.2, 0) is 13.0 Å². The highest BCUT2D eigenvalue weighted by Crippen LogP contribution is 2.29. The van der Waals surface area contributed by atoms with Crippen LogP contribution in [0.15, 0.2) is 18.2 Å². The molecule has 1 aliphatic carbocycles. The molecule has 0 amide bonds. The highest BCUT2D eigenvalue weighted by molar-refractivity contribution is 5.37. The Labute approximate surface area is 115 Å². The van der Waals surface area contributed by atoms with Crippen LogP contribution in [-0.4, -0.2) is 35.8 Å². The van der Waals surface area contributed by atoms with Gasteiger partial charge in [-0.05, 0) is 55.4 Å². The molecule has 19 heavy (non-hydrogen) atoms. The summed E-state index contributed by atoms with van der Waals surface area (Å²) in [6, 6.07) is 6.99. The Morgan fingerprint density at radius 1 is 1.26 bits per heavy atom. The SMILES string of the molecule is COc1ccc2c(c1)CCN([C@@H]1CCC[C@H](O)C1)C2. The molecule has 1 aromatic carbocycles. The number of aliphatic hydroxyl groups is 1. The molecule has 1 N–H and O–H groups in total. The molecule has 1 heterocycles. The smallest absolute Gasteiger partial charge is 0.119 e. The zero-order valence-electron chi connectivity index (χ0n) is 11.6. The maximum Gasteiger partial charge on any atom is 0.119 e. The van der Waals surface area contributed by atoms with Crippen LogP contribution in [0.5, 0.6) is 5.75 Å². The molecule has 1 aliphatic heterocycles. The van der Waals surface area contributed by atoms with E-state index < -0.39 is 0 Å². The number of hydrogen-bond acceptors (Lipinski definition) is 3. The Balaban J connectivity index is 1.71. The normalized spacial score (nSPS) is 27.9. The summed E-state index contributed by atoms with van der Waals surface area (Å²) >= 11 is 0. The number of methoxy groups -OCH3 is 1. The Kier molecular flexibility index (Phi) is 3.76. The molecule has 0 unspecified atom stereocenters. The number of ether oxygens (including phenoxy) is 1. The average Bonchev–Trinajstić information content (AvgIpc) is 2.46. The van der Waals surface area contributed by atoms with Crippen LogP contribution in [0.3, 0.4) is 0 Å². The van der Waals surface area contributed by atoms with E-state index in [1.807, 2.05) is 0 Å². The topological polar surface area (TPSA) is 32.7 Å². The van der Waals surface area contributed by atoms with Crippen LogP contribution in [0.4, 0.5) is 0 Å². The maximum atomic E-state index is 9.83. The van der Waals surface area contributed by atoms with Crippen molar-refractivity contribution in [1.29, 1.82) is 0 Å². The molecule has 1 saturated carbocycles. The molecule has 0 bridgehead atoms. The molecule has 3 rings (SSSR count). The van der Waals surface area contributed by atoms with Crippen LogP contribution in [0.2, 0.25) is 0 Å². The van der Waals surface area contributed by atoms with Crippen molar-refractivity contribution in [3.8, 4) is 5.75 Å². The van der Waals surface area contributed by atoms with Gasteiger partial charge in [-0.1, -0.05) is 6.07 Å². The van der Waals surface area contributed by atoms with E-state index in [-0.39, 0.29) is 6.10 Å². The minimum absolute atomic E-state index is 0.0870. The lowest BCUT2D eigenvalue weighted by Gasteiger charge is -2.39. The van der Waals surface area contributed by atoms with Gasteiger partial charge >= 0.3 is 0 Å². The summed E-state index contributed by atoms with van der Waals surface area (Å²) in [5, 5.41) is 9.83. The molecule has 0 aromatic heterocycles. The van der Waals surface area contributed by atoms with Gasteiger partial charge < -0.3 is 9.84 Å². The van der Waals surface area contributed by atoms with E-state index in [1.54, 1.807) is 7.11 Å². The monoisotopic (exact) mass is 261 g/mol. The van der Waals surface area contributed by atoms with Gasteiger partial charge in [0.2, 0.25) is 0 Å². The first-order valence-corrected chi connectivity index (χ1v) is 7.34. The summed E-state index contributed by atoms with van der Waals surface area (Å²) in [6.45, 7) is 2.13. The molecule has 3 nitrogen and oxygen atoms in total. The molecule has 1 fully saturated rings. The Hall–Kier alpha value is -1.06. The van der Waals surface area contributed by atoms with Gasteiger partial charge in [-0.2, -0.15) is 0 Å². The second-order valence-corrected chi connectivity index (χ2v) is 5.83. The minimum Gasteiger partial charge on any atom is -0.497 e. The molecular weight excluding hydrogens is 238 g/mol. The fourth-order valence-corrected chi connectivity index (χ4v) is 3.46. The van der Waals surface area contributed by atoms with E-state index in [0.29, 0.717) is 6.04 Å². The summed E-state index contributed by atoms with van der Waals surface area (Å²) in [5.74, 6) is 0.959. The highest BCUT2D eigenvalue weighted by Gasteiger charge is 2.28. The lowest BCUT2D eigenvalue weighted by Crippen LogP contribution is -2.42. The second-order valence-electron chi connectivity index (χ2n) is 5.83. The van der Waals surface area contributed by atoms with Gasteiger partial charge in [0.15, 0.2) is 0 Å². The van der Waals surface area contributed by atoms with Crippen LogP contribution in [0, 0.1) is 0 Å². The molecular formula is C16H23NO2. The summed E-state index contributed by atoms with van der Waals surface area (Å²) in [5.41, 5.74) is 2.85. The molecule has 2 atom stereocenters. The number of rotatable bonds is 2. The molecule has 0 radical (unpaired) electrons. The average molecular weight is 261 g/mol. The first-order valence-electron chi connectivity index (χ1n) is 7.34. The van der Waals surface area contributed by atoms with Crippen LogP contribution in [0.25, 0.3) is 0 Å². The molecule has 3 heteroatoms. The van der Waals surface area contributed by atoms with Gasteiger partial charge in [-0.15, -0.1) is 0 Å². The van der Waals surface area contributed by atoms with Gasteiger partial charge in [-0.3, -0.25) is 4.90 Å². The van der Waals surface area contributed by atoms with Crippen molar-refractivity contribution in [3.63, 3.8) is 0 Å². The molecule has 0 saturated heterocycles. The van der Waals surface area contributed by atoms with Crippen molar-refractivity contribution in [1.82, 2.24) is 4.90 Å². The first kappa shape index (κ1) is 12.9. The van der Waals surface area contributed by atoms with Crippen molar-refractivity contribution >= 4 is 0 Å². The summed E-state index contributed by atoms with van der Waals surface area (Å²) in [7, 11) is 1.72. The second kappa shape index (κ2) is 5.51. The van der Waals surface area contributed by atoms with Crippen molar-refractivity contribution < 1.29 is 9.84 Å². The van der Waals surface area contributed by atoms with Crippen LogP contribution < -0.4 is 4.74 Å². The molecule has 2 aliphatic rings. The van der Waals surface area contributed by atoms with Gasteiger partial charge in [-0.25, -0.2) is 0 Å². The van der Waals surface area contributed by atoms with Gasteiger partial charge in [0.05, 0.1) is 13.2 Å². The van der Waals surface area contributed by atoms with Gasteiger partial charge in [0.1, 0.15) is 5.75 Å². The number of fused-ring (bicyclic) bond motifs is 1.